The number of aromatic hydroxyl groups is 1. The van der Waals surface area contributed by atoms with Crippen LogP contribution in [-0.4, -0.2) is 15.1 Å². The van der Waals surface area contributed by atoms with E-state index in [1.165, 1.54) is 6.07 Å². The highest BCUT2D eigenvalue weighted by Crippen LogP contribution is 2.39. The minimum Gasteiger partial charge on any atom is -0.507 e. The summed E-state index contributed by atoms with van der Waals surface area (Å²) in [6.07, 6.45) is 0. The minimum atomic E-state index is 0.00403. The predicted molar refractivity (Wildman–Crippen MR) is 130 cm³/mol. The molecule has 1 aromatic heterocycles. The summed E-state index contributed by atoms with van der Waals surface area (Å²) >= 11 is 18.0. The first-order valence-corrected chi connectivity index (χ1v) is 10.8. The van der Waals surface area contributed by atoms with Crippen molar-refractivity contribution in [1.82, 2.24) is 9.97 Å². The van der Waals surface area contributed by atoms with Gasteiger partial charge in [0.25, 0.3) is 0 Å². The number of ether oxygens (including phenoxy) is 1. The van der Waals surface area contributed by atoms with Gasteiger partial charge in [-0.2, -0.15) is 0 Å². The van der Waals surface area contributed by atoms with E-state index in [4.69, 9.17) is 45.3 Å². The first-order valence-electron chi connectivity index (χ1n) is 9.62. The molecule has 0 amide bonds. The number of nitrogen functional groups attached to an aromatic ring is 1. The Balaban J connectivity index is 1.67. The number of hydrogen-bond donors (Lipinski definition) is 2. The fourth-order valence-electron chi connectivity index (χ4n) is 3.35. The fraction of sp³-hybridized carbons (Fsp3) is 0.0833. The largest absolute Gasteiger partial charge is 0.507 e. The molecule has 8 heteroatoms. The second-order valence-corrected chi connectivity index (χ2v) is 8.36. The van der Waals surface area contributed by atoms with Crippen molar-refractivity contribution in [3.63, 3.8) is 0 Å². The third kappa shape index (κ3) is 4.75. The molecule has 0 aliphatic heterocycles. The Labute approximate surface area is 200 Å². The number of benzene rings is 3. The van der Waals surface area contributed by atoms with Crippen molar-refractivity contribution in [2.24, 2.45) is 0 Å². The van der Waals surface area contributed by atoms with E-state index in [9.17, 15) is 5.11 Å². The lowest BCUT2D eigenvalue weighted by Crippen LogP contribution is -2.02. The molecule has 3 N–H and O–H groups in total. The third-order valence-electron chi connectivity index (χ3n) is 4.85. The summed E-state index contributed by atoms with van der Waals surface area (Å²) in [7, 11) is 0. The number of aryl methyl sites for hydroxylation is 1. The third-order valence-corrected chi connectivity index (χ3v) is 5.84. The molecular weight excluding hydrogens is 469 g/mol. The quantitative estimate of drug-likeness (QED) is 0.319. The molecule has 3 aromatic carbocycles. The molecule has 0 aliphatic carbocycles. The molecule has 0 saturated carbocycles. The first-order chi connectivity index (χ1) is 15.3. The van der Waals surface area contributed by atoms with Crippen molar-refractivity contribution in [2.75, 3.05) is 5.73 Å². The van der Waals surface area contributed by atoms with Crippen LogP contribution in [0.1, 0.15) is 11.3 Å². The van der Waals surface area contributed by atoms with Crippen molar-refractivity contribution in [3.8, 4) is 33.9 Å². The van der Waals surface area contributed by atoms with Crippen molar-refractivity contribution >= 4 is 40.8 Å². The van der Waals surface area contributed by atoms with Gasteiger partial charge in [-0.3, -0.25) is 0 Å². The number of aromatic nitrogens is 2. The maximum Gasteiger partial charge on any atom is 0.220 e. The summed E-state index contributed by atoms with van der Waals surface area (Å²) < 4.78 is 5.80. The van der Waals surface area contributed by atoms with E-state index in [0.29, 0.717) is 37.8 Å². The zero-order valence-corrected chi connectivity index (χ0v) is 19.2. The van der Waals surface area contributed by atoms with Crippen LogP contribution < -0.4 is 10.5 Å². The number of hydrogen-bond acceptors (Lipinski definition) is 5. The number of nitrogens with two attached hydrogens (primary N) is 1. The van der Waals surface area contributed by atoms with Crippen LogP contribution in [-0.2, 0) is 6.61 Å². The van der Waals surface area contributed by atoms with E-state index in [-0.39, 0.29) is 18.3 Å². The van der Waals surface area contributed by atoms with Gasteiger partial charge >= 0.3 is 0 Å². The average molecular weight is 487 g/mol. The number of nitrogens with zero attached hydrogens (tertiary/aromatic N) is 2. The van der Waals surface area contributed by atoms with Crippen molar-refractivity contribution in [3.05, 3.63) is 87.0 Å². The highest BCUT2D eigenvalue weighted by Gasteiger charge is 2.18. The molecule has 0 atom stereocenters. The Morgan fingerprint density at radius 3 is 2.34 bits per heavy atom. The molecule has 0 unspecified atom stereocenters. The Bertz CT molecular complexity index is 1290. The maximum absolute atomic E-state index is 10.8. The van der Waals surface area contributed by atoms with E-state index in [0.717, 1.165) is 16.7 Å². The van der Waals surface area contributed by atoms with Crippen LogP contribution in [0.3, 0.4) is 0 Å². The first kappa shape index (κ1) is 22.2. The standard InChI is InChI=1S/C24H18Cl3N3O2/c1-13-22(15-3-5-16(25)6-4-15)23(30-24(28)29-13)18-8-7-17(11-21(18)31)32-12-14-2-9-19(26)20(27)10-14/h2-11,31H,12H2,1H3,(H2,28,29,30). The molecule has 32 heavy (non-hydrogen) atoms. The number of anilines is 1. The number of phenolic OH excluding ortho intramolecular Hbond substituents is 1. The van der Waals surface area contributed by atoms with Gasteiger partial charge in [0.05, 0.1) is 21.4 Å². The van der Waals surface area contributed by atoms with Crippen molar-refractivity contribution < 1.29 is 9.84 Å². The number of phenols is 1. The normalized spacial score (nSPS) is 10.9. The van der Waals surface area contributed by atoms with Gasteiger partial charge in [-0.1, -0.05) is 53.0 Å². The van der Waals surface area contributed by atoms with Gasteiger partial charge in [0.2, 0.25) is 5.95 Å². The van der Waals surface area contributed by atoms with E-state index < -0.39 is 0 Å². The second-order valence-electron chi connectivity index (χ2n) is 7.11. The maximum atomic E-state index is 10.8. The van der Waals surface area contributed by atoms with Gasteiger partial charge in [-0.25, -0.2) is 9.97 Å². The lowest BCUT2D eigenvalue weighted by Gasteiger charge is -2.15. The molecular formula is C24H18Cl3N3O2. The van der Waals surface area contributed by atoms with Crippen molar-refractivity contribution in [2.45, 2.75) is 13.5 Å². The van der Waals surface area contributed by atoms with E-state index in [1.807, 2.05) is 25.1 Å². The molecule has 5 nitrogen and oxygen atoms in total. The molecule has 4 aromatic rings. The molecule has 0 saturated heterocycles. The lowest BCUT2D eigenvalue weighted by atomic mass is 9.97. The van der Waals surface area contributed by atoms with Gasteiger partial charge in [-0.05, 0) is 54.4 Å². The van der Waals surface area contributed by atoms with Crippen LogP contribution in [0.25, 0.3) is 22.4 Å². The molecule has 0 aliphatic rings. The molecule has 0 bridgehead atoms. The predicted octanol–water partition coefficient (Wildman–Crippen LogP) is 6.95. The summed E-state index contributed by atoms with van der Waals surface area (Å²) in [4.78, 5) is 8.70. The van der Waals surface area contributed by atoms with Gasteiger partial charge < -0.3 is 15.6 Å². The Hall–Kier alpha value is -2.99. The molecule has 1 heterocycles. The van der Waals surface area contributed by atoms with Gasteiger partial charge in [0.1, 0.15) is 18.1 Å². The number of rotatable bonds is 5. The van der Waals surface area contributed by atoms with Crippen LogP contribution in [0.15, 0.2) is 60.7 Å². The summed E-state index contributed by atoms with van der Waals surface area (Å²) in [5, 5.41) is 12.3. The Kier molecular flexibility index (Phi) is 6.42. The van der Waals surface area contributed by atoms with Crippen LogP contribution in [0.2, 0.25) is 15.1 Å². The van der Waals surface area contributed by atoms with E-state index in [2.05, 4.69) is 9.97 Å². The fourth-order valence-corrected chi connectivity index (χ4v) is 3.80. The van der Waals surface area contributed by atoms with Gasteiger partial charge in [0, 0.05) is 22.2 Å². The van der Waals surface area contributed by atoms with Crippen LogP contribution >= 0.6 is 34.8 Å². The molecule has 4 rings (SSSR count). The Morgan fingerprint density at radius 2 is 1.66 bits per heavy atom. The van der Waals surface area contributed by atoms with Crippen molar-refractivity contribution in [1.29, 1.82) is 0 Å². The molecule has 162 valence electrons. The monoisotopic (exact) mass is 485 g/mol. The highest BCUT2D eigenvalue weighted by atomic mass is 35.5. The smallest absolute Gasteiger partial charge is 0.220 e. The van der Waals surface area contributed by atoms with Gasteiger partial charge in [-0.15, -0.1) is 0 Å². The van der Waals surface area contributed by atoms with Crippen LogP contribution in [0, 0.1) is 6.92 Å². The van der Waals surface area contributed by atoms with Crippen LogP contribution in [0.5, 0.6) is 11.5 Å². The Morgan fingerprint density at radius 1 is 0.906 bits per heavy atom. The summed E-state index contributed by atoms with van der Waals surface area (Å²) in [5.74, 6) is 0.614. The van der Waals surface area contributed by atoms with E-state index >= 15 is 0 Å². The lowest BCUT2D eigenvalue weighted by molar-refractivity contribution is 0.304. The minimum absolute atomic E-state index is 0.00403. The zero-order chi connectivity index (χ0) is 22.8. The zero-order valence-electron chi connectivity index (χ0n) is 16.9. The SMILES string of the molecule is Cc1nc(N)nc(-c2ccc(OCc3ccc(Cl)c(Cl)c3)cc2O)c1-c1ccc(Cl)cc1. The van der Waals surface area contributed by atoms with Crippen LogP contribution in [0.4, 0.5) is 5.95 Å². The number of halogens is 3. The highest BCUT2D eigenvalue weighted by molar-refractivity contribution is 6.42. The average Bonchev–Trinajstić information content (AvgIpc) is 2.75. The van der Waals surface area contributed by atoms with Gasteiger partial charge in [0.15, 0.2) is 0 Å². The topological polar surface area (TPSA) is 81.3 Å². The molecule has 0 spiro atoms. The summed E-state index contributed by atoms with van der Waals surface area (Å²) in [6, 6.07) is 17.6. The van der Waals surface area contributed by atoms with E-state index in [1.54, 1.807) is 36.4 Å². The molecule has 0 fully saturated rings. The summed E-state index contributed by atoms with van der Waals surface area (Å²) in [6.45, 7) is 2.11. The molecule has 0 radical (unpaired) electrons. The summed E-state index contributed by atoms with van der Waals surface area (Å²) in [5.41, 5.74) is 10.1. The second kappa shape index (κ2) is 9.25.